The summed E-state index contributed by atoms with van der Waals surface area (Å²) in [7, 11) is 0. The van der Waals surface area contributed by atoms with Crippen LogP contribution in [0.4, 0.5) is 0 Å². The van der Waals surface area contributed by atoms with Gasteiger partial charge in [0.05, 0.1) is 0 Å². The second-order valence-electron chi connectivity index (χ2n) is 4.16. The van der Waals surface area contributed by atoms with Crippen LogP contribution in [0.3, 0.4) is 0 Å². The van der Waals surface area contributed by atoms with Crippen LogP contribution < -0.4 is 5.73 Å². The first kappa shape index (κ1) is 13.7. The second-order valence-corrected chi connectivity index (χ2v) is 6.16. The van der Waals surface area contributed by atoms with Crippen LogP contribution in [0.15, 0.2) is 56.7 Å². The molecule has 0 saturated carbocycles. The van der Waals surface area contributed by atoms with Gasteiger partial charge in [-0.15, -0.1) is 0 Å². The summed E-state index contributed by atoms with van der Waals surface area (Å²) in [6.45, 7) is 2.83. The number of aryl methyl sites for hydroxylation is 1. The van der Waals surface area contributed by atoms with Crippen molar-refractivity contribution in [3.05, 3.63) is 58.1 Å². The molecule has 2 aromatic carbocycles. The predicted molar refractivity (Wildman–Crippen MR) is 82.2 cm³/mol. The maximum atomic E-state index is 5.67. The molecule has 2 N–H and O–H groups in total. The second kappa shape index (κ2) is 6.41. The van der Waals surface area contributed by atoms with Crippen molar-refractivity contribution in [3.63, 3.8) is 0 Å². The minimum atomic E-state index is 0.683. The van der Waals surface area contributed by atoms with Crippen molar-refractivity contribution in [1.29, 1.82) is 0 Å². The molecular weight excluding hydrogens is 306 g/mol. The average Bonchev–Trinajstić information content (AvgIpc) is 2.36. The van der Waals surface area contributed by atoms with Gasteiger partial charge in [0.25, 0.3) is 0 Å². The first-order valence-electron chi connectivity index (χ1n) is 5.92. The molecule has 18 heavy (non-hydrogen) atoms. The molecule has 0 aliphatic rings. The Balaban J connectivity index is 2.33. The van der Waals surface area contributed by atoms with E-state index in [9.17, 15) is 0 Å². The van der Waals surface area contributed by atoms with E-state index in [1.807, 2.05) is 11.8 Å². The third kappa shape index (κ3) is 3.37. The third-order valence-corrected chi connectivity index (χ3v) is 4.53. The van der Waals surface area contributed by atoms with Gasteiger partial charge in [0.1, 0.15) is 0 Å². The van der Waals surface area contributed by atoms with Crippen molar-refractivity contribution in [2.24, 2.45) is 5.73 Å². The van der Waals surface area contributed by atoms with Gasteiger partial charge in [-0.3, -0.25) is 0 Å². The van der Waals surface area contributed by atoms with E-state index in [1.165, 1.54) is 20.9 Å². The van der Waals surface area contributed by atoms with Crippen LogP contribution in [0.5, 0.6) is 0 Å². The molecule has 0 amide bonds. The van der Waals surface area contributed by atoms with Gasteiger partial charge in [0, 0.05) is 14.3 Å². The van der Waals surface area contributed by atoms with E-state index in [4.69, 9.17) is 5.73 Å². The van der Waals surface area contributed by atoms with E-state index in [2.05, 4.69) is 65.3 Å². The number of hydrogen-bond acceptors (Lipinski definition) is 2. The number of rotatable bonds is 4. The summed E-state index contributed by atoms with van der Waals surface area (Å²) in [6.07, 6.45) is 0.918. The first-order valence-corrected chi connectivity index (χ1v) is 7.53. The fourth-order valence-corrected chi connectivity index (χ4v) is 3.39. The van der Waals surface area contributed by atoms with E-state index in [1.54, 1.807) is 0 Å². The Morgan fingerprint density at radius 3 is 2.61 bits per heavy atom. The number of nitrogens with two attached hydrogens (primary N) is 1. The molecule has 0 spiro atoms. The third-order valence-electron chi connectivity index (χ3n) is 2.76. The Bertz CT molecular complexity index is 540. The predicted octanol–water partition coefficient (Wildman–Crippen LogP) is 4.41. The van der Waals surface area contributed by atoms with Crippen molar-refractivity contribution in [2.45, 2.75) is 23.1 Å². The molecule has 0 aliphatic carbocycles. The largest absolute Gasteiger partial charge is 0.330 e. The van der Waals surface area contributed by atoms with Crippen molar-refractivity contribution >= 4 is 27.7 Å². The van der Waals surface area contributed by atoms with Gasteiger partial charge in [0.2, 0.25) is 0 Å². The highest BCUT2D eigenvalue weighted by Gasteiger charge is 2.06. The SMILES string of the molecule is Cc1ccccc1Sc1cc(Br)ccc1CCN. The molecule has 0 saturated heterocycles. The molecule has 0 heterocycles. The van der Waals surface area contributed by atoms with Crippen LogP contribution in [-0.4, -0.2) is 6.54 Å². The van der Waals surface area contributed by atoms with Gasteiger partial charge in [0.15, 0.2) is 0 Å². The van der Waals surface area contributed by atoms with Gasteiger partial charge >= 0.3 is 0 Å². The molecule has 0 fully saturated rings. The lowest BCUT2D eigenvalue weighted by molar-refractivity contribution is 0.943. The number of halogens is 1. The fourth-order valence-electron chi connectivity index (χ4n) is 1.77. The molecular formula is C15H16BrNS. The highest BCUT2D eigenvalue weighted by atomic mass is 79.9. The molecule has 0 atom stereocenters. The molecule has 0 aliphatic heterocycles. The van der Waals surface area contributed by atoms with Crippen LogP contribution in [0, 0.1) is 6.92 Å². The van der Waals surface area contributed by atoms with Gasteiger partial charge < -0.3 is 5.73 Å². The van der Waals surface area contributed by atoms with Gasteiger partial charge in [-0.25, -0.2) is 0 Å². The summed E-state index contributed by atoms with van der Waals surface area (Å²) in [5.41, 5.74) is 8.29. The molecule has 2 rings (SSSR count). The standard InChI is InChI=1S/C15H16BrNS/c1-11-4-2-3-5-14(11)18-15-10-13(16)7-6-12(15)8-9-17/h2-7,10H,8-9,17H2,1H3. The highest BCUT2D eigenvalue weighted by Crippen LogP contribution is 2.34. The van der Waals surface area contributed by atoms with Crippen LogP contribution in [0.2, 0.25) is 0 Å². The summed E-state index contributed by atoms with van der Waals surface area (Å²) in [5.74, 6) is 0. The summed E-state index contributed by atoms with van der Waals surface area (Å²) in [4.78, 5) is 2.58. The minimum absolute atomic E-state index is 0.683. The maximum absolute atomic E-state index is 5.67. The topological polar surface area (TPSA) is 26.0 Å². The van der Waals surface area contributed by atoms with E-state index in [-0.39, 0.29) is 0 Å². The fraction of sp³-hybridized carbons (Fsp3) is 0.200. The number of benzene rings is 2. The van der Waals surface area contributed by atoms with Crippen molar-refractivity contribution in [2.75, 3.05) is 6.54 Å². The lowest BCUT2D eigenvalue weighted by Crippen LogP contribution is -2.03. The Morgan fingerprint density at radius 2 is 1.89 bits per heavy atom. The van der Waals surface area contributed by atoms with Crippen LogP contribution >= 0.6 is 27.7 Å². The summed E-state index contributed by atoms with van der Waals surface area (Å²) >= 11 is 5.34. The molecule has 2 aromatic rings. The summed E-state index contributed by atoms with van der Waals surface area (Å²) < 4.78 is 1.11. The molecule has 3 heteroatoms. The highest BCUT2D eigenvalue weighted by molar-refractivity contribution is 9.10. The molecule has 0 bridgehead atoms. The summed E-state index contributed by atoms with van der Waals surface area (Å²) in [6, 6.07) is 14.8. The normalized spacial score (nSPS) is 10.6. The van der Waals surface area contributed by atoms with E-state index in [0.29, 0.717) is 6.54 Å². The minimum Gasteiger partial charge on any atom is -0.330 e. The van der Waals surface area contributed by atoms with Gasteiger partial charge in [-0.1, -0.05) is 52.0 Å². The molecule has 1 nitrogen and oxygen atoms in total. The van der Waals surface area contributed by atoms with Crippen molar-refractivity contribution in [1.82, 2.24) is 0 Å². The van der Waals surface area contributed by atoms with Crippen molar-refractivity contribution in [3.8, 4) is 0 Å². The molecule has 0 unspecified atom stereocenters. The zero-order valence-corrected chi connectivity index (χ0v) is 12.7. The Morgan fingerprint density at radius 1 is 1.11 bits per heavy atom. The quantitative estimate of drug-likeness (QED) is 0.902. The lowest BCUT2D eigenvalue weighted by Gasteiger charge is -2.10. The maximum Gasteiger partial charge on any atom is 0.0186 e. The zero-order chi connectivity index (χ0) is 13.0. The summed E-state index contributed by atoms with van der Waals surface area (Å²) in [5, 5.41) is 0. The Kier molecular flexibility index (Phi) is 4.87. The Hall–Kier alpha value is -0.770. The smallest absolute Gasteiger partial charge is 0.0186 e. The Labute approximate surface area is 121 Å². The van der Waals surface area contributed by atoms with Crippen molar-refractivity contribution < 1.29 is 0 Å². The van der Waals surface area contributed by atoms with Crippen LogP contribution in [0.25, 0.3) is 0 Å². The van der Waals surface area contributed by atoms with Gasteiger partial charge in [-0.05, 0) is 49.2 Å². The lowest BCUT2D eigenvalue weighted by atomic mass is 10.1. The van der Waals surface area contributed by atoms with E-state index < -0.39 is 0 Å². The van der Waals surface area contributed by atoms with Gasteiger partial charge in [-0.2, -0.15) is 0 Å². The van der Waals surface area contributed by atoms with Crippen LogP contribution in [0.1, 0.15) is 11.1 Å². The molecule has 94 valence electrons. The number of hydrogen-bond donors (Lipinski definition) is 1. The molecule has 0 radical (unpaired) electrons. The van der Waals surface area contributed by atoms with Crippen LogP contribution in [-0.2, 0) is 6.42 Å². The zero-order valence-electron chi connectivity index (χ0n) is 10.3. The molecule has 0 aromatic heterocycles. The average molecular weight is 322 g/mol. The monoisotopic (exact) mass is 321 g/mol. The van der Waals surface area contributed by atoms with E-state index in [0.717, 1.165) is 10.9 Å². The van der Waals surface area contributed by atoms with E-state index >= 15 is 0 Å². The first-order chi connectivity index (χ1) is 8.70.